The molecule has 1 atom stereocenters. The number of nitriles is 1. The van der Waals surface area contributed by atoms with Gasteiger partial charge in [0.2, 0.25) is 5.78 Å². The van der Waals surface area contributed by atoms with Gasteiger partial charge in [-0.3, -0.25) is 9.20 Å². The number of thioether (sulfide) groups is 1. The van der Waals surface area contributed by atoms with Gasteiger partial charge in [0.1, 0.15) is 10.7 Å². The van der Waals surface area contributed by atoms with E-state index in [1.807, 2.05) is 47.4 Å². The van der Waals surface area contributed by atoms with E-state index in [1.165, 1.54) is 23.1 Å². The highest BCUT2D eigenvalue weighted by Crippen LogP contribution is 2.27. The molecule has 3 rings (SSSR count). The van der Waals surface area contributed by atoms with Crippen LogP contribution in [0, 0.1) is 18.3 Å². The zero-order valence-electron chi connectivity index (χ0n) is 12.0. The number of carbonyl (C=O) groups excluding carboxylic acids is 1. The van der Waals surface area contributed by atoms with Crippen LogP contribution in [0.1, 0.15) is 27.1 Å². The van der Waals surface area contributed by atoms with E-state index in [2.05, 4.69) is 16.0 Å². The molecule has 0 unspecified atom stereocenters. The normalized spacial score (nSPS) is 12.2. The van der Waals surface area contributed by atoms with Crippen LogP contribution in [0.4, 0.5) is 0 Å². The lowest BCUT2D eigenvalue weighted by atomic mass is 10.0. The first kappa shape index (κ1) is 14.8. The molecule has 0 aliphatic rings. The lowest BCUT2D eigenvalue weighted by molar-refractivity contribution is 0.0975. The molecule has 22 heavy (non-hydrogen) atoms. The Hall–Kier alpha value is -2.17. The van der Waals surface area contributed by atoms with E-state index in [4.69, 9.17) is 0 Å². The van der Waals surface area contributed by atoms with Gasteiger partial charge in [-0.25, -0.2) is 9.97 Å². The number of Topliss-reactive ketones (excluding diaryl/α,β-unsaturated/α-hetero) is 1. The van der Waals surface area contributed by atoms with Gasteiger partial charge in [-0.15, -0.1) is 11.3 Å². The molecule has 0 amide bonds. The van der Waals surface area contributed by atoms with Crippen LogP contribution in [0.3, 0.4) is 0 Å². The number of thiazole rings is 1. The van der Waals surface area contributed by atoms with Gasteiger partial charge in [0, 0.05) is 17.3 Å². The third-order valence-electron chi connectivity index (χ3n) is 3.21. The Kier molecular flexibility index (Phi) is 3.96. The summed E-state index contributed by atoms with van der Waals surface area (Å²) in [6.07, 6.45) is 3.77. The molecule has 0 bridgehead atoms. The van der Waals surface area contributed by atoms with Crippen LogP contribution in [0.5, 0.6) is 0 Å². The van der Waals surface area contributed by atoms with Crippen molar-refractivity contribution in [1.82, 2.24) is 14.4 Å². The van der Waals surface area contributed by atoms with E-state index in [-0.39, 0.29) is 5.78 Å². The second-order valence-electron chi connectivity index (χ2n) is 4.66. The number of aromatic nitrogens is 3. The maximum Gasteiger partial charge on any atom is 0.207 e. The average molecular weight is 328 g/mol. The first-order valence-corrected chi connectivity index (χ1v) is 8.63. The molecule has 0 aromatic carbocycles. The number of fused-ring (bicyclic) bond motifs is 1. The van der Waals surface area contributed by atoms with E-state index >= 15 is 0 Å². The van der Waals surface area contributed by atoms with Crippen molar-refractivity contribution in [2.75, 3.05) is 6.26 Å². The number of imidazole rings is 1. The number of hydrogen-bond donors (Lipinski definition) is 0. The SMILES string of the molecule is CSc1nc(C(=O)[C@H](C#N)c2nc(C)cs2)c2ccccn12. The van der Waals surface area contributed by atoms with Crippen LogP contribution in [-0.2, 0) is 0 Å². The van der Waals surface area contributed by atoms with Crippen LogP contribution in [0.2, 0.25) is 0 Å². The highest BCUT2D eigenvalue weighted by Gasteiger charge is 2.28. The van der Waals surface area contributed by atoms with Gasteiger partial charge >= 0.3 is 0 Å². The van der Waals surface area contributed by atoms with Gasteiger partial charge in [-0.1, -0.05) is 17.8 Å². The molecule has 3 aromatic heterocycles. The molecule has 5 nitrogen and oxygen atoms in total. The fourth-order valence-electron chi connectivity index (χ4n) is 2.20. The minimum atomic E-state index is -0.910. The fourth-order valence-corrected chi connectivity index (χ4v) is 3.58. The summed E-state index contributed by atoms with van der Waals surface area (Å²) in [6.45, 7) is 1.84. The Bertz CT molecular complexity index is 890. The van der Waals surface area contributed by atoms with Crippen molar-refractivity contribution >= 4 is 34.4 Å². The van der Waals surface area contributed by atoms with E-state index in [9.17, 15) is 10.1 Å². The Balaban J connectivity index is 2.10. The van der Waals surface area contributed by atoms with E-state index in [0.29, 0.717) is 16.2 Å². The number of ketones is 1. The second-order valence-corrected chi connectivity index (χ2v) is 6.32. The van der Waals surface area contributed by atoms with Gasteiger partial charge in [-0.2, -0.15) is 5.26 Å². The van der Waals surface area contributed by atoms with Gasteiger partial charge in [0.25, 0.3) is 0 Å². The lowest BCUT2D eigenvalue weighted by Gasteiger charge is -2.03. The van der Waals surface area contributed by atoms with Crippen molar-refractivity contribution in [3.05, 3.63) is 46.2 Å². The minimum absolute atomic E-state index is 0.305. The largest absolute Gasteiger partial charge is 0.294 e. The molecule has 0 radical (unpaired) electrons. The molecule has 3 aromatic rings. The van der Waals surface area contributed by atoms with Gasteiger partial charge in [0.15, 0.2) is 11.1 Å². The second kappa shape index (κ2) is 5.91. The summed E-state index contributed by atoms with van der Waals surface area (Å²) in [7, 11) is 0. The molecule has 0 saturated carbocycles. The van der Waals surface area contributed by atoms with E-state index < -0.39 is 5.92 Å². The zero-order chi connectivity index (χ0) is 15.7. The average Bonchev–Trinajstić information content (AvgIpc) is 3.12. The Morgan fingerprint density at radius 1 is 1.45 bits per heavy atom. The highest BCUT2D eigenvalue weighted by atomic mass is 32.2. The summed E-state index contributed by atoms with van der Waals surface area (Å²) in [5.41, 5.74) is 1.85. The maximum absolute atomic E-state index is 12.8. The predicted molar refractivity (Wildman–Crippen MR) is 86.5 cm³/mol. The van der Waals surface area contributed by atoms with Crippen LogP contribution in [0.25, 0.3) is 5.52 Å². The molecule has 7 heteroatoms. The van der Waals surface area contributed by atoms with Crippen LogP contribution < -0.4 is 0 Å². The molecule has 0 aliphatic heterocycles. The Labute approximate surface area is 135 Å². The van der Waals surface area contributed by atoms with Crippen molar-refractivity contribution in [1.29, 1.82) is 5.26 Å². The topological polar surface area (TPSA) is 71.0 Å². The van der Waals surface area contributed by atoms with Crippen molar-refractivity contribution < 1.29 is 4.79 Å². The smallest absolute Gasteiger partial charge is 0.207 e. The third-order valence-corrected chi connectivity index (χ3v) is 4.89. The van der Waals surface area contributed by atoms with Crippen molar-refractivity contribution in [2.24, 2.45) is 0 Å². The van der Waals surface area contributed by atoms with Crippen LogP contribution >= 0.6 is 23.1 Å². The summed E-state index contributed by atoms with van der Waals surface area (Å²) in [5, 5.41) is 12.5. The quantitative estimate of drug-likeness (QED) is 0.543. The molecule has 0 fully saturated rings. The molecule has 0 N–H and O–H groups in total. The zero-order valence-corrected chi connectivity index (χ0v) is 13.6. The van der Waals surface area contributed by atoms with Gasteiger partial charge in [0.05, 0.1) is 11.6 Å². The molecular weight excluding hydrogens is 316 g/mol. The maximum atomic E-state index is 12.8. The first-order valence-electron chi connectivity index (χ1n) is 6.52. The van der Waals surface area contributed by atoms with Crippen molar-refractivity contribution in [2.45, 2.75) is 18.0 Å². The van der Waals surface area contributed by atoms with Crippen LogP contribution in [0.15, 0.2) is 34.9 Å². The number of nitrogens with zero attached hydrogens (tertiary/aromatic N) is 4. The Morgan fingerprint density at radius 3 is 2.91 bits per heavy atom. The molecule has 0 aliphatic carbocycles. The first-order chi connectivity index (χ1) is 10.7. The van der Waals surface area contributed by atoms with Gasteiger partial charge < -0.3 is 0 Å². The number of hydrogen-bond acceptors (Lipinski definition) is 6. The molecule has 0 spiro atoms. The third kappa shape index (κ3) is 2.40. The summed E-state index contributed by atoms with van der Waals surface area (Å²) in [5.74, 6) is -1.21. The fraction of sp³-hybridized carbons (Fsp3) is 0.200. The minimum Gasteiger partial charge on any atom is -0.294 e. The summed E-state index contributed by atoms with van der Waals surface area (Å²) < 4.78 is 1.86. The number of carbonyl (C=O) groups is 1. The molecular formula is C15H12N4OS2. The lowest BCUT2D eigenvalue weighted by Crippen LogP contribution is -2.12. The molecule has 0 saturated heterocycles. The summed E-state index contributed by atoms with van der Waals surface area (Å²) in [4.78, 5) is 21.5. The molecule has 110 valence electrons. The van der Waals surface area contributed by atoms with Crippen molar-refractivity contribution in [3.8, 4) is 6.07 Å². The Morgan fingerprint density at radius 2 is 2.27 bits per heavy atom. The number of pyridine rings is 1. The number of aryl methyl sites for hydroxylation is 1. The van der Waals surface area contributed by atoms with Crippen LogP contribution in [-0.4, -0.2) is 26.4 Å². The number of rotatable bonds is 4. The van der Waals surface area contributed by atoms with Crippen molar-refractivity contribution in [3.63, 3.8) is 0 Å². The van der Waals surface area contributed by atoms with E-state index in [1.54, 1.807) is 0 Å². The highest BCUT2D eigenvalue weighted by molar-refractivity contribution is 7.98. The van der Waals surface area contributed by atoms with Gasteiger partial charge in [-0.05, 0) is 25.3 Å². The monoisotopic (exact) mass is 328 g/mol. The predicted octanol–water partition coefficient (Wildman–Crippen LogP) is 3.31. The molecule has 3 heterocycles. The standard InChI is InChI=1S/C15H12N4OS2/c1-9-8-22-14(17-9)10(7-16)13(20)12-11-5-3-4-6-19(11)15(18-12)21-2/h3-6,8,10H,1-2H3/t10-/m0/s1. The summed E-state index contributed by atoms with van der Waals surface area (Å²) >= 11 is 2.79. The van der Waals surface area contributed by atoms with E-state index in [0.717, 1.165) is 10.9 Å². The summed E-state index contributed by atoms with van der Waals surface area (Å²) in [6, 6.07) is 7.64.